The molecule has 1 aliphatic rings. The van der Waals surface area contributed by atoms with E-state index in [0.29, 0.717) is 32.4 Å². The predicted molar refractivity (Wildman–Crippen MR) is 180 cm³/mol. The molecule has 1 heterocycles. The van der Waals surface area contributed by atoms with Crippen LogP contribution in [0, 0.1) is 0 Å². The molecule has 0 unspecified atom stereocenters. The zero-order valence-corrected chi connectivity index (χ0v) is 27.8. The number of amides is 4. The summed E-state index contributed by atoms with van der Waals surface area (Å²) in [5, 5.41) is 4.83. The first kappa shape index (κ1) is 34.2. The summed E-state index contributed by atoms with van der Waals surface area (Å²) >= 11 is 0. The minimum atomic E-state index is -0.861. The molecule has 1 fully saturated rings. The van der Waals surface area contributed by atoms with Crippen LogP contribution in [-0.2, 0) is 32.0 Å². The van der Waals surface area contributed by atoms with Crippen molar-refractivity contribution in [1.29, 1.82) is 0 Å². The molecule has 4 amide bonds. The first-order valence-corrected chi connectivity index (χ1v) is 15.8. The van der Waals surface area contributed by atoms with Gasteiger partial charge in [-0.15, -0.1) is 0 Å². The highest BCUT2D eigenvalue weighted by molar-refractivity contribution is 5.95. The van der Waals surface area contributed by atoms with Gasteiger partial charge in [0.05, 0.1) is 0 Å². The van der Waals surface area contributed by atoms with E-state index in [9.17, 15) is 19.2 Å². The number of benzene rings is 3. The second kappa shape index (κ2) is 15.1. The van der Waals surface area contributed by atoms with Gasteiger partial charge in [-0.25, -0.2) is 4.79 Å². The van der Waals surface area contributed by atoms with Gasteiger partial charge in [-0.05, 0) is 55.5 Å². The van der Waals surface area contributed by atoms with E-state index in [-0.39, 0.29) is 30.2 Å². The van der Waals surface area contributed by atoms with Crippen LogP contribution >= 0.6 is 0 Å². The van der Waals surface area contributed by atoms with Crippen LogP contribution in [0.5, 0.6) is 0 Å². The summed E-state index contributed by atoms with van der Waals surface area (Å²) < 4.78 is 5.50. The molecule has 3 aromatic rings. The standard InChI is InChI=1S/C37H46N4O5/c1-37(2,3)46-36(45)41-20-18-27(19-21-41)25-33(42)39(5)32(24-28-16-17-29-14-10-11-15-30(29)22-28)35(44)40(6)31(34(43)38-4)23-26-12-8-7-9-13-26/h7-17,22,25,31-32H,18-21,23-24H2,1-6H3,(H,38,43)/t31-,32-/m1/s1. The monoisotopic (exact) mass is 626 g/mol. The van der Waals surface area contributed by atoms with Crippen LogP contribution < -0.4 is 5.32 Å². The topological polar surface area (TPSA) is 99.3 Å². The summed E-state index contributed by atoms with van der Waals surface area (Å²) in [7, 11) is 4.82. The molecule has 1 aliphatic heterocycles. The largest absolute Gasteiger partial charge is 0.444 e. The molecule has 1 saturated heterocycles. The molecule has 2 atom stereocenters. The van der Waals surface area contributed by atoms with Crippen molar-refractivity contribution >= 4 is 34.6 Å². The number of likely N-dealkylation sites (tertiary alicyclic amines) is 1. The van der Waals surface area contributed by atoms with E-state index in [1.54, 1.807) is 32.1 Å². The molecule has 4 rings (SSSR count). The van der Waals surface area contributed by atoms with Gasteiger partial charge in [-0.1, -0.05) is 78.4 Å². The minimum Gasteiger partial charge on any atom is -0.444 e. The summed E-state index contributed by atoms with van der Waals surface area (Å²) in [6, 6.07) is 22.0. The number of hydrogen-bond acceptors (Lipinski definition) is 5. The highest BCUT2D eigenvalue weighted by atomic mass is 16.6. The van der Waals surface area contributed by atoms with Gasteiger partial charge in [0.1, 0.15) is 17.7 Å². The number of ether oxygens (including phenoxy) is 1. The highest BCUT2D eigenvalue weighted by Gasteiger charge is 2.35. The average Bonchev–Trinajstić information content (AvgIpc) is 3.04. The van der Waals surface area contributed by atoms with Crippen molar-refractivity contribution < 1.29 is 23.9 Å². The lowest BCUT2D eigenvalue weighted by Crippen LogP contribution is -2.55. The van der Waals surface area contributed by atoms with E-state index in [1.807, 2.05) is 93.6 Å². The Balaban J connectivity index is 1.57. The molecule has 9 nitrogen and oxygen atoms in total. The molecule has 0 aliphatic carbocycles. The van der Waals surface area contributed by atoms with Gasteiger partial charge in [0.15, 0.2) is 0 Å². The Labute approximate surface area is 272 Å². The van der Waals surface area contributed by atoms with Gasteiger partial charge in [0.2, 0.25) is 17.7 Å². The second-order valence-corrected chi connectivity index (χ2v) is 12.9. The van der Waals surface area contributed by atoms with E-state index in [4.69, 9.17) is 4.74 Å². The van der Waals surface area contributed by atoms with Gasteiger partial charge in [-0.3, -0.25) is 14.4 Å². The molecule has 1 N–H and O–H groups in total. The maximum Gasteiger partial charge on any atom is 0.410 e. The van der Waals surface area contributed by atoms with Gasteiger partial charge < -0.3 is 24.8 Å². The van der Waals surface area contributed by atoms with Gasteiger partial charge in [-0.2, -0.15) is 0 Å². The molecule has 244 valence electrons. The van der Waals surface area contributed by atoms with E-state index >= 15 is 0 Å². The average molecular weight is 627 g/mol. The maximum absolute atomic E-state index is 14.3. The van der Waals surface area contributed by atoms with Crippen LogP contribution in [0.3, 0.4) is 0 Å². The molecular weight excluding hydrogens is 580 g/mol. The molecule has 0 spiro atoms. The Morgan fingerprint density at radius 2 is 1.43 bits per heavy atom. The van der Waals surface area contributed by atoms with Gasteiger partial charge in [0, 0.05) is 53.2 Å². The molecular formula is C37H46N4O5. The number of carbonyl (C=O) groups is 4. The molecule has 0 radical (unpaired) electrons. The van der Waals surface area contributed by atoms with Crippen LogP contribution in [0.4, 0.5) is 4.79 Å². The first-order chi connectivity index (χ1) is 21.9. The number of nitrogens with zero attached hydrogens (tertiary/aromatic N) is 3. The molecule has 0 saturated carbocycles. The van der Waals surface area contributed by atoms with Crippen molar-refractivity contribution in [2.45, 2.75) is 64.1 Å². The Hall–Kier alpha value is -4.66. The molecule has 9 heteroatoms. The van der Waals surface area contributed by atoms with Crippen LogP contribution in [-0.4, -0.2) is 90.4 Å². The fourth-order valence-corrected chi connectivity index (χ4v) is 5.65. The van der Waals surface area contributed by atoms with Crippen LogP contribution in [0.25, 0.3) is 10.8 Å². The smallest absolute Gasteiger partial charge is 0.410 e. The van der Waals surface area contributed by atoms with Crippen molar-refractivity contribution in [3.8, 4) is 0 Å². The predicted octanol–water partition coefficient (Wildman–Crippen LogP) is 4.98. The third-order valence-corrected chi connectivity index (χ3v) is 8.36. The number of likely N-dealkylation sites (N-methyl/N-ethyl adjacent to an activating group) is 3. The van der Waals surface area contributed by atoms with E-state index < -0.39 is 17.7 Å². The van der Waals surface area contributed by atoms with Crippen molar-refractivity contribution in [3.63, 3.8) is 0 Å². The van der Waals surface area contributed by atoms with Gasteiger partial charge in [0.25, 0.3) is 0 Å². The Bertz CT molecular complexity index is 1570. The zero-order chi connectivity index (χ0) is 33.4. The molecule has 0 bridgehead atoms. The zero-order valence-electron chi connectivity index (χ0n) is 27.8. The van der Waals surface area contributed by atoms with Crippen LogP contribution in [0.2, 0.25) is 0 Å². The molecule has 46 heavy (non-hydrogen) atoms. The number of piperidine rings is 1. The van der Waals surface area contributed by atoms with Crippen LogP contribution in [0.1, 0.15) is 44.7 Å². The number of hydrogen-bond donors (Lipinski definition) is 1. The summed E-state index contributed by atoms with van der Waals surface area (Å²) in [5.41, 5.74) is 2.16. The quantitative estimate of drug-likeness (QED) is 0.338. The van der Waals surface area contributed by atoms with Crippen molar-refractivity contribution in [1.82, 2.24) is 20.0 Å². The highest BCUT2D eigenvalue weighted by Crippen LogP contribution is 2.22. The Morgan fingerprint density at radius 3 is 2.07 bits per heavy atom. The number of fused-ring (bicyclic) bond motifs is 1. The lowest BCUT2D eigenvalue weighted by molar-refractivity contribution is -0.146. The summed E-state index contributed by atoms with van der Waals surface area (Å²) in [6.45, 7) is 6.40. The van der Waals surface area contributed by atoms with Gasteiger partial charge >= 0.3 is 6.09 Å². The fraction of sp³-hybridized carbons (Fsp3) is 0.405. The fourth-order valence-electron chi connectivity index (χ4n) is 5.65. The normalized spacial score (nSPS) is 14.7. The summed E-state index contributed by atoms with van der Waals surface area (Å²) in [5.74, 6) is -0.906. The van der Waals surface area contributed by atoms with E-state index in [1.165, 1.54) is 9.80 Å². The number of rotatable bonds is 9. The lowest BCUT2D eigenvalue weighted by Gasteiger charge is -2.34. The van der Waals surface area contributed by atoms with E-state index in [2.05, 4.69) is 5.32 Å². The van der Waals surface area contributed by atoms with Crippen molar-refractivity contribution in [2.75, 3.05) is 34.2 Å². The summed E-state index contributed by atoms with van der Waals surface area (Å²) in [4.78, 5) is 58.2. The summed E-state index contributed by atoms with van der Waals surface area (Å²) in [6.07, 6.45) is 2.92. The van der Waals surface area contributed by atoms with Crippen LogP contribution in [0.15, 0.2) is 84.4 Å². The maximum atomic E-state index is 14.3. The molecule has 3 aromatic carbocycles. The Morgan fingerprint density at radius 1 is 0.826 bits per heavy atom. The lowest BCUT2D eigenvalue weighted by atomic mass is 9.98. The Kier molecular flexibility index (Phi) is 11.2. The number of nitrogens with one attached hydrogen (secondary N) is 1. The van der Waals surface area contributed by atoms with E-state index in [0.717, 1.165) is 27.5 Å². The third-order valence-electron chi connectivity index (χ3n) is 8.36. The van der Waals surface area contributed by atoms with Crippen molar-refractivity contribution in [2.24, 2.45) is 0 Å². The third kappa shape index (κ3) is 8.96. The molecule has 0 aromatic heterocycles. The number of carbonyl (C=O) groups excluding carboxylic acids is 4. The van der Waals surface area contributed by atoms with Crippen molar-refractivity contribution in [3.05, 3.63) is 95.6 Å². The first-order valence-electron chi connectivity index (χ1n) is 15.8. The second-order valence-electron chi connectivity index (χ2n) is 12.9. The minimum absolute atomic E-state index is 0.275. The SMILES string of the molecule is CNC(=O)[C@@H](Cc1ccccc1)N(C)C(=O)[C@@H](Cc1ccc2ccccc2c1)N(C)C(=O)C=C1CCN(C(=O)OC(C)(C)C)CC1.